The third-order valence-corrected chi connectivity index (χ3v) is 3.38. The van der Waals surface area contributed by atoms with Crippen LogP contribution < -0.4 is 9.47 Å². The molecular formula is C16H15NO5. The maximum absolute atomic E-state index is 11.4. The fraction of sp³-hybridized carbons (Fsp3) is 0.188. The van der Waals surface area contributed by atoms with Crippen LogP contribution in [-0.2, 0) is 4.74 Å². The number of rotatable bonds is 4. The molecule has 0 radical (unpaired) electrons. The maximum Gasteiger partial charge on any atom is 0.373 e. The van der Waals surface area contributed by atoms with Crippen molar-refractivity contribution < 1.29 is 23.4 Å². The summed E-state index contributed by atoms with van der Waals surface area (Å²) in [5.74, 6) is 1.49. The van der Waals surface area contributed by atoms with Crippen molar-refractivity contribution in [2.24, 2.45) is 0 Å². The van der Waals surface area contributed by atoms with Gasteiger partial charge in [0, 0.05) is 17.0 Å². The number of carbonyl (C=O) groups excluding carboxylic acids is 1. The molecule has 0 aliphatic carbocycles. The van der Waals surface area contributed by atoms with E-state index >= 15 is 0 Å². The third-order valence-electron chi connectivity index (χ3n) is 3.38. The van der Waals surface area contributed by atoms with E-state index in [1.165, 1.54) is 7.11 Å². The van der Waals surface area contributed by atoms with Gasteiger partial charge in [-0.1, -0.05) is 0 Å². The Morgan fingerprint density at radius 2 is 1.77 bits per heavy atom. The van der Waals surface area contributed by atoms with Crippen LogP contribution in [0.3, 0.4) is 0 Å². The zero-order valence-corrected chi connectivity index (χ0v) is 12.4. The first kappa shape index (κ1) is 14.1. The molecule has 3 aromatic rings. The van der Waals surface area contributed by atoms with Crippen LogP contribution in [0.15, 0.2) is 34.7 Å². The van der Waals surface area contributed by atoms with Crippen LogP contribution in [-0.4, -0.2) is 32.3 Å². The molecule has 1 aromatic carbocycles. The predicted octanol–water partition coefficient (Wildman–Crippen LogP) is 3.23. The normalized spacial score (nSPS) is 10.7. The monoisotopic (exact) mass is 301 g/mol. The van der Waals surface area contributed by atoms with Gasteiger partial charge in [-0.3, -0.25) is 0 Å². The minimum absolute atomic E-state index is 0.159. The average Bonchev–Trinajstić information content (AvgIpc) is 3.18. The highest BCUT2D eigenvalue weighted by molar-refractivity contribution is 5.89. The lowest BCUT2D eigenvalue weighted by Crippen LogP contribution is -1.98. The van der Waals surface area contributed by atoms with E-state index in [0.717, 1.165) is 16.6 Å². The number of methoxy groups -OCH3 is 3. The zero-order valence-electron chi connectivity index (χ0n) is 12.4. The van der Waals surface area contributed by atoms with Crippen molar-refractivity contribution in [2.45, 2.75) is 0 Å². The van der Waals surface area contributed by atoms with Crippen LogP contribution >= 0.6 is 0 Å². The lowest BCUT2D eigenvalue weighted by Gasteiger charge is -2.06. The fourth-order valence-corrected chi connectivity index (χ4v) is 2.28. The molecule has 1 N–H and O–H groups in total. The number of H-pyrrole nitrogens is 1. The molecule has 0 aliphatic rings. The molecule has 0 amide bonds. The SMILES string of the molecule is COC(=O)c1ccc(-c2cc3cc(OC)c(OC)cc3[nH]2)o1. The number of fused-ring (bicyclic) bond motifs is 1. The summed E-state index contributed by atoms with van der Waals surface area (Å²) >= 11 is 0. The molecule has 22 heavy (non-hydrogen) atoms. The summed E-state index contributed by atoms with van der Waals surface area (Å²) in [6.45, 7) is 0. The Hall–Kier alpha value is -2.89. The van der Waals surface area contributed by atoms with Crippen LogP contribution in [0.25, 0.3) is 22.4 Å². The first-order valence-corrected chi connectivity index (χ1v) is 6.59. The highest BCUT2D eigenvalue weighted by Gasteiger charge is 2.15. The number of aromatic nitrogens is 1. The number of hydrogen-bond donors (Lipinski definition) is 1. The van der Waals surface area contributed by atoms with Crippen LogP contribution in [0.1, 0.15) is 10.6 Å². The van der Waals surface area contributed by atoms with Gasteiger partial charge >= 0.3 is 5.97 Å². The predicted molar refractivity (Wildman–Crippen MR) is 80.4 cm³/mol. The van der Waals surface area contributed by atoms with Crippen LogP contribution in [0.4, 0.5) is 0 Å². The van der Waals surface area contributed by atoms with Gasteiger partial charge in [-0.2, -0.15) is 0 Å². The van der Waals surface area contributed by atoms with Crippen molar-refractivity contribution in [2.75, 3.05) is 21.3 Å². The number of benzene rings is 1. The summed E-state index contributed by atoms with van der Waals surface area (Å²) in [6, 6.07) is 8.93. The van der Waals surface area contributed by atoms with E-state index in [9.17, 15) is 4.79 Å². The molecule has 0 atom stereocenters. The van der Waals surface area contributed by atoms with Crippen molar-refractivity contribution in [1.82, 2.24) is 4.98 Å². The molecular weight excluding hydrogens is 286 g/mol. The lowest BCUT2D eigenvalue weighted by atomic mass is 10.2. The third kappa shape index (κ3) is 2.28. The molecule has 0 saturated heterocycles. The first-order chi connectivity index (χ1) is 10.7. The van der Waals surface area contributed by atoms with Gasteiger partial charge in [-0.15, -0.1) is 0 Å². The van der Waals surface area contributed by atoms with E-state index in [1.807, 2.05) is 18.2 Å². The molecule has 3 rings (SSSR count). The van der Waals surface area contributed by atoms with E-state index < -0.39 is 5.97 Å². The van der Waals surface area contributed by atoms with Crippen LogP contribution in [0.5, 0.6) is 11.5 Å². The van der Waals surface area contributed by atoms with E-state index in [1.54, 1.807) is 26.4 Å². The van der Waals surface area contributed by atoms with Gasteiger partial charge in [0.2, 0.25) is 5.76 Å². The Balaban J connectivity index is 2.04. The van der Waals surface area contributed by atoms with Crippen LogP contribution in [0.2, 0.25) is 0 Å². The number of nitrogens with one attached hydrogen (secondary N) is 1. The standard InChI is InChI=1S/C16H15NO5/c1-19-14-7-9-6-11(17-10(9)8-15(14)20-2)12-4-5-13(22-12)16(18)21-3/h4-8,17H,1-3H3. The molecule has 2 heterocycles. The van der Waals surface area contributed by atoms with Crippen LogP contribution in [0, 0.1) is 0 Å². The van der Waals surface area contributed by atoms with Gasteiger partial charge < -0.3 is 23.6 Å². The summed E-state index contributed by atoms with van der Waals surface area (Å²) in [6.07, 6.45) is 0. The summed E-state index contributed by atoms with van der Waals surface area (Å²) in [4.78, 5) is 14.7. The lowest BCUT2D eigenvalue weighted by molar-refractivity contribution is 0.0566. The zero-order chi connectivity index (χ0) is 15.7. The molecule has 0 spiro atoms. The minimum atomic E-state index is -0.509. The number of aromatic amines is 1. The smallest absolute Gasteiger partial charge is 0.373 e. The van der Waals surface area contributed by atoms with E-state index in [0.29, 0.717) is 17.3 Å². The number of esters is 1. The fourth-order valence-electron chi connectivity index (χ4n) is 2.28. The molecule has 0 aliphatic heterocycles. The molecule has 6 nitrogen and oxygen atoms in total. The second-order valence-corrected chi connectivity index (χ2v) is 4.63. The Bertz CT molecular complexity index is 789. The highest BCUT2D eigenvalue weighted by atomic mass is 16.5. The minimum Gasteiger partial charge on any atom is -0.493 e. The number of carbonyl (C=O) groups is 1. The highest BCUT2D eigenvalue weighted by Crippen LogP contribution is 2.34. The number of hydrogen-bond acceptors (Lipinski definition) is 5. The molecule has 114 valence electrons. The summed E-state index contributed by atoms with van der Waals surface area (Å²) in [7, 11) is 4.49. The van der Waals surface area contributed by atoms with Crippen molar-refractivity contribution in [3.05, 3.63) is 36.1 Å². The molecule has 0 unspecified atom stereocenters. The molecule has 0 bridgehead atoms. The van der Waals surface area contributed by atoms with E-state index in [2.05, 4.69) is 9.72 Å². The van der Waals surface area contributed by atoms with Gasteiger partial charge in [-0.05, 0) is 24.3 Å². The van der Waals surface area contributed by atoms with Gasteiger partial charge in [0.15, 0.2) is 17.3 Å². The van der Waals surface area contributed by atoms with Crippen molar-refractivity contribution in [3.63, 3.8) is 0 Å². The Labute approximate surface area is 126 Å². The maximum atomic E-state index is 11.4. The van der Waals surface area contributed by atoms with Gasteiger partial charge in [-0.25, -0.2) is 4.79 Å². The average molecular weight is 301 g/mol. The molecule has 2 aromatic heterocycles. The largest absolute Gasteiger partial charge is 0.493 e. The second kappa shape index (κ2) is 5.48. The van der Waals surface area contributed by atoms with Crippen molar-refractivity contribution in [1.29, 1.82) is 0 Å². The second-order valence-electron chi connectivity index (χ2n) is 4.63. The molecule has 0 saturated carbocycles. The summed E-state index contributed by atoms with van der Waals surface area (Å²) < 4.78 is 20.7. The summed E-state index contributed by atoms with van der Waals surface area (Å²) in [5.41, 5.74) is 1.63. The Kier molecular flexibility index (Phi) is 3.50. The van der Waals surface area contributed by atoms with Crippen molar-refractivity contribution in [3.8, 4) is 23.0 Å². The van der Waals surface area contributed by atoms with Gasteiger partial charge in [0.05, 0.1) is 27.0 Å². The topological polar surface area (TPSA) is 73.7 Å². The number of ether oxygens (including phenoxy) is 3. The quantitative estimate of drug-likeness (QED) is 0.749. The summed E-state index contributed by atoms with van der Waals surface area (Å²) in [5, 5.41) is 0.948. The van der Waals surface area contributed by atoms with E-state index in [-0.39, 0.29) is 5.76 Å². The van der Waals surface area contributed by atoms with Crippen molar-refractivity contribution >= 4 is 16.9 Å². The molecule has 6 heteroatoms. The molecule has 0 fully saturated rings. The number of furan rings is 1. The Morgan fingerprint density at radius 3 is 2.45 bits per heavy atom. The van der Waals surface area contributed by atoms with Gasteiger partial charge in [0.25, 0.3) is 0 Å². The van der Waals surface area contributed by atoms with Gasteiger partial charge in [0.1, 0.15) is 0 Å². The Morgan fingerprint density at radius 1 is 1.05 bits per heavy atom. The first-order valence-electron chi connectivity index (χ1n) is 6.59. The van der Waals surface area contributed by atoms with E-state index in [4.69, 9.17) is 13.9 Å².